The zero-order valence-corrected chi connectivity index (χ0v) is 5.94. The third-order valence-corrected chi connectivity index (χ3v) is 1.20. The molecule has 1 atom stereocenters. The van der Waals surface area contributed by atoms with Crippen LogP contribution in [0.3, 0.4) is 0 Å². The number of nitrogens with zero attached hydrogens (tertiary/aromatic N) is 1. The molecule has 0 bridgehead atoms. The van der Waals surface area contributed by atoms with Crippen LogP contribution in [0, 0.1) is 0 Å². The van der Waals surface area contributed by atoms with Crippen LogP contribution in [0.4, 0.5) is 0 Å². The number of carboxylic acids is 1. The zero-order valence-electron chi connectivity index (χ0n) is 5.94. The van der Waals surface area contributed by atoms with Gasteiger partial charge in [0.1, 0.15) is 0 Å². The lowest BCUT2D eigenvalue weighted by atomic mass is 10.2. The van der Waals surface area contributed by atoms with Crippen LogP contribution in [0.15, 0.2) is 10.6 Å². The predicted octanol–water partition coefficient (Wildman–Crippen LogP) is 0.393. The average molecular weight is 156 g/mol. The second-order valence-electron chi connectivity index (χ2n) is 2.21. The standard InChI is InChI=1S/C6H8N2O3/c1-3(7)5-2-4(6(9)10)8-11-5/h2-3H,7H2,1H3,(H,9,10). The molecule has 5 nitrogen and oxygen atoms in total. The molecule has 1 aromatic rings. The summed E-state index contributed by atoms with van der Waals surface area (Å²) in [4.78, 5) is 10.3. The molecule has 1 aromatic heterocycles. The molecule has 0 aliphatic rings. The molecule has 0 spiro atoms. The Morgan fingerprint density at radius 2 is 2.55 bits per heavy atom. The largest absolute Gasteiger partial charge is 0.476 e. The van der Waals surface area contributed by atoms with Crippen molar-refractivity contribution in [3.8, 4) is 0 Å². The number of rotatable bonds is 2. The number of aromatic nitrogens is 1. The normalized spacial score (nSPS) is 12.9. The van der Waals surface area contributed by atoms with E-state index in [9.17, 15) is 4.79 Å². The van der Waals surface area contributed by atoms with Crippen molar-refractivity contribution >= 4 is 5.97 Å². The Labute approximate surface area is 62.8 Å². The summed E-state index contributed by atoms with van der Waals surface area (Å²) in [6, 6.07) is 0.989. The van der Waals surface area contributed by atoms with Crippen LogP contribution >= 0.6 is 0 Å². The van der Waals surface area contributed by atoms with E-state index >= 15 is 0 Å². The van der Waals surface area contributed by atoms with Crippen LogP contribution in [-0.4, -0.2) is 16.2 Å². The highest BCUT2D eigenvalue weighted by atomic mass is 16.5. The van der Waals surface area contributed by atoms with Crippen LogP contribution in [0.5, 0.6) is 0 Å². The van der Waals surface area contributed by atoms with Crippen molar-refractivity contribution in [2.75, 3.05) is 0 Å². The van der Waals surface area contributed by atoms with Gasteiger partial charge in [-0.25, -0.2) is 4.79 Å². The first-order valence-electron chi connectivity index (χ1n) is 3.06. The minimum Gasteiger partial charge on any atom is -0.476 e. The van der Waals surface area contributed by atoms with Gasteiger partial charge >= 0.3 is 5.97 Å². The first-order chi connectivity index (χ1) is 5.11. The maximum absolute atomic E-state index is 10.3. The fourth-order valence-electron chi connectivity index (χ4n) is 0.605. The van der Waals surface area contributed by atoms with E-state index in [1.165, 1.54) is 6.07 Å². The lowest BCUT2D eigenvalue weighted by Gasteiger charge is -1.93. The summed E-state index contributed by atoms with van der Waals surface area (Å²) in [6.45, 7) is 1.69. The molecule has 0 aliphatic heterocycles. The Hall–Kier alpha value is -1.36. The monoisotopic (exact) mass is 156 g/mol. The molecule has 0 fully saturated rings. The highest BCUT2D eigenvalue weighted by Gasteiger charge is 2.12. The summed E-state index contributed by atoms with van der Waals surface area (Å²) in [6.07, 6.45) is 0. The number of nitrogens with two attached hydrogens (primary N) is 1. The van der Waals surface area contributed by atoms with Crippen molar-refractivity contribution in [2.45, 2.75) is 13.0 Å². The third-order valence-electron chi connectivity index (χ3n) is 1.20. The maximum atomic E-state index is 10.3. The first-order valence-corrected chi connectivity index (χ1v) is 3.06. The molecule has 11 heavy (non-hydrogen) atoms. The Kier molecular flexibility index (Phi) is 1.91. The maximum Gasteiger partial charge on any atom is 0.358 e. The highest BCUT2D eigenvalue weighted by Crippen LogP contribution is 2.10. The Morgan fingerprint density at radius 1 is 1.91 bits per heavy atom. The van der Waals surface area contributed by atoms with E-state index in [0.29, 0.717) is 5.76 Å². The lowest BCUT2D eigenvalue weighted by Crippen LogP contribution is -2.03. The van der Waals surface area contributed by atoms with Gasteiger partial charge in [0, 0.05) is 6.07 Å². The zero-order chi connectivity index (χ0) is 8.43. The molecule has 0 amide bonds. The summed E-state index contributed by atoms with van der Waals surface area (Å²) in [5.41, 5.74) is 5.29. The average Bonchev–Trinajstić information content (AvgIpc) is 2.33. The number of hydrogen-bond acceptors (Lipinski definition) is 4. The lowest BCUT2D eigenvalue weighted by molar-refractivity contribution is 0.0685. The summed E-state index contributed by atoms with van der Waals surface area (Å²) in [5, 5.41) is 11.7. The first kappa shape index (κ1) is 7.74. The quantitative estimate of drug-likeness (QED) is 0.646. The van der Waals surface area contributed by atoms with Crippen LogP contribution in [0.2, 0.25) is 0 Å². The SMILES string of the molecule is CC(N)c1cc(C(=O)O)no1. The van der Waals surface area contributed by atoms with Gasteiger partial charge in [-0.15, -0.1) is 0 Å². The fourth-order valence-corrected chi connectivity index (χ4v) is 0.605. The van der Waals surface area contributed by atoms with Gasteiger partial charge < -0.3 is 15.4 Å². The molecule has 1 rings (SSSR count). The van der Waals surface area contributed by atoms with Gasteiger partial charge in [0.15, 0.2) is 11.5 Å². The van der Waals surface area contributed by atoms with Crippen molar-refractivity contribution in [3.05, 3.63) is 17.5 Å². The van der Waals surface area contributed by atoms with Crippen LogP contribution in [-0.2, 0) is 0 Å². The van der Waals surface area contributed by atoms with Crippen LogP contribution in [0.25, 0.3) is 0 Å². The van der Waals surface area contributed by atoms with E-state index in [1.54, 1.807) is 6.92 Å². The van der Waals surface area contributed by atoms with Crippen molar-refractivity contribution in [3.63, 3.8) is 0 Å². The second-order valence-corrected chi connectivity index (χ2v) is 2.21. The summed E-state index contributed by atoms with van der Waals surface area (Å²) >= 11 is 0. The molecular formula is C6H8N2O3. The number of carboxylic acid groups (broad SMARTS) is 1. The summed E-state index contributed by atoms with van der Waals surface area (Å²) in [5.74, 6) is -0.733. The Morgan fingerprint density at radius 3 is 2.82 bits per heavy atom. The molecule has 1 heterocycles. The van der Waals surface area contributed by atoms with E-state index in [-0.39, 0.29) is 11.7 Å². The molecule has 1 unspecified atom stereocenters. The van der Waals surface area contributed by atoms with Crippen LogP contribution < -0.4 is 5.73 Å². The molecular weight excluding hydrogens is 148 g/mol. The minimum absolute atomic E-state index is 0.114. The number of hydrogen-bond donors (Lipinski definition) is 2. The van der Waals surface area contributed by atoms with Gasteiger partial charge in [-0.2, -0.15) is 0 Å². The Balaban J connectivity index is 2.90. The van der Waals surface area contributed by atoms with Crippen molar-refractivity contribution < 1.29 is 14.4 Å². The van der Waals surface area contributed by atoms with Crippen molar-refractivity contribution in [2.24, 2.45) is 5.73 Å². The molecule has 0 aliphatic carbocycles. The van der Waals surface area contributed by atoms with E-state index < -0.39 is 5.97 Å². The van der Waals surface area contributed by atoms with E-state index in [2.05, 4.69) is 9.68 Å². The highest BCUT2D eigenvalue weighted by molar-refractivity contribution is 5.85. The minimum atomic E-state index is -1.11. The van der Waals surface area contributed by atoms with Crippen LogP contribution in [0.1, 0.15) is 29.2 Å². The molecule has 5 heteroatoms. The van der Waals surface area contributed by atoms with E-state index in [0.717, 1.165) is 0 Å². The number of aromatic carboxylic acids is 1. The molecule has 0 radical (unpaired) electrons. The number of carbonyl (C=O) groups is 1. The molecule has 3 N–H and O–H groups in total. The predicted molar refractivity (Wildman–Crippen MR) is 36.1 cm³/mol. The van der Waals surface area contributed by atoms with E-state index in [1.807, 2.05) is 0 Å². The van der Waals surface area contributed by atoms with Gasteiger partial charge in [0.25, 0.3) is 0 Å². The topological polar surface area (TPSA) is 89.4 Å². The third kappa shape index (κ3) is 1.56. The van der Waals surface area contributed by atoms with Gasteiger partial charge in [-0.3, -0.25) is 0 Å². The second kappa shape index (κ2) is 2.71. The van der Waals surface area contributed by atoms with Gasteiger partial charge in [-0.1, -0.05) is 5.16 Å². The van der Waals surface area contributed by atoms with Gasteiger partial charge in [0.05, 0.1) is 6.04 Å². The van der Waals surface area contributed by atoms with Gasteiger partial charge in [0.2, 0.25) is 0 Å². The smallest absolute Gasteiger partial charge is 0.358 e. The molecule has 0 aromatic carbocycles. The van der Waals surface area contributed by atoms with Crippen molar-refractivity contribution in [1.29, 1.82) is 0 Å². The van der Waals surface area contributed by atoms with Gasteiger partial charge in [-0.05, 0) is 6.92 Å². The molecule has 0 saturated heterocycles. The Bertz CT molecular complexity index is 267. The fraction of sp³-hybridized carbons (Fsp3) is 0.333. The summed E-state index contributed by atoms with van der Waals surface area (Å²) < 4.78 is 4.63. The molecule has 60 valence electrons. The van der Waals surface area contributed by atoms with E-state index in [4.69, 9.17) is 10.8 Å². The van der Waals surface area contributed by atoms with Crippen molar-refractivity contribution in [1.82, 2.24) is 5.16 Å². The molecule has 0 saturated carbocycles. The summed E-state index contributed by atoms with van der Waals surface area (Å²) in [7, 11) is 0.